The summed E-state index contributed by atoms with van der Waals surface area (Å²) in [4.78, 5) is 13.7. The van der Waals surface area contributed by atoms with Crippen LogP contribution < -0.4 is 14.4 Å². The van der Waals surface area contributed by atoms with Crippen LogP contribution in [0.25, 0.3) is 0 Å². The Bertz CT molecular complexity index is 900. The Morgan fingerprint density at radius 1 is 1.23 bits per heavy atom. The predicted molar refractivity (Wildman–Crippen MR) is 95.0 cm³/mol. The van der Waals surface area contributed by atoms with Gasteiger partial charge in [-0.3, -0.25) is 4.79 Å². The van der Waals surface area contributed by atoms with Crippen LogP contribution in [0.15, 0.2) is 53.4 Å². The molecule has 1 aliphatic heterocycles. The number of hydrogen-bond donors (Lipinski definition) is 1. The number of benzene rings is 2. The van der Waals surface area contributed by atoms with Crippen molar-refractivity contribution in [1.82, 2.24) is 4.72 Å². The van der Waals surface area contributed by atoms with Gasteiger partial charge in [-0.05, 0) is 48.4 Å². The molecule has 1 atom stereocenters. The summed E-state index contributed by atoms with van der Waals surface area (Å²) in [6.45, 7) is 0.522. The predicted octanol–water partition coefficient (Wildman–Crippen LogP) is 2.17. The second kappa shape index (κ2) is 7.43. The molecule has 0 bridgehead atoms. The lowest BCUT2D eigenvalue weighted by molar-refractivity contribution is -0.117. The van der Waals surface area contributed by atoms with Gasteiger partial charge in [0.25, 0.3) is 0 Å². The second-order valence-corrected chi connectivity index (χ2v) is 7.85. The average molecular weight is 378 g/mol. The molecule has 2 aromatic carbocycles. The van der Waals surface area contributed by atoms with E-state index in [1.807, 2.05) is 0 Å². The number of sulfonamides is 1. The molecular weight excluding hydrogens is 359 g/mol. The molecule has 1 amide bonds. The highest BCUT2D eigenvalue weighted by atomic mass is 32.2. The Morgan fingerprint density at radius 2 is 1.96 bits per heavy atom. The van der Waals surface area contributed by atoms with E-state index in [4.69, 9.17) is 4.74 Å². The molecule has 0 aliphatic carbocycles. The molecule has 1 N–H and O–H groups in total. The molecule has 0 aromatic heterocycles. The van der Waals surface area contributed by atoms with Crippen LogP contribution in [0.4, 0.5) is 10.1 Å². The first-order chi connectivity index (χ1) is 12.4. The van der Waals surface area contributed by atoms with E-state index in [2.05, 4.69) is 4.72 Å². The highest BCUT2D eigenvalue weighted by molar-refractivity contribution is 7.89. The molecule has 1 saturated heterocycles. The third-order valence-corrected chi connectivity index (χ3v) is 5.68. The fourth-order valence-electron chi connectivity index (χ4n) is 2.88. The second-order valence-electron chi connectivity index (χ2n) is 6.08. The molecule has 138 valence electrons. The van der Waals surface area contributed by atoms with Crippen LogP contribution in [0.3, 0.4) is 0 Å². The third-order valence-electron chi connectivity index (χ3n) is 4.26. The summed E-state index contributed by atoms with van der Waals surface area (Å²) in [6, 6.07) is 11.9. The lowest BCUT2D eigenvalue weighted by atomic mass is 10.1. The number of hydrogen-bond acceptors (Lipinski definition) is 4. The zero-order valence-corrected chi connectivity index (χ0v) is 15.0. The molecule has 8 heteroatoms. The van der Waals surface area contributed by atoms with Crippen LogP contribution >= 0.6 is 0 Å². The van der Waals surface area contributed by atoms with Crippen molar-refractivity contribution in [1.29, 1.82) is 0 Å². The van der Waals surface area contributed by atoms with E-state index in [1.54, 1.807) is 36.3 Å². The molecule has 0 saturated carbocycles. The topological polar surface area (TPSA) is 75.7 Å². The van der Waals surface area contributed by atoms with Gasteiger partial charge in [0.1, 0.15) is 11.6 Å². The molecule has 0 spiro atoms. The standard InChI is InChI=1S/C18H19FN2O4S/c1-25-16-7-5-15(6-8-16)21-12-13(9-18(21)22)11-20-26(23,24)17-4-2-3-14(19)10-17/h2-8,10,13,20H,9,11-12H2,1H3/t13-/m1/s1. The largest absolute Gasteiger partial charge is 0.497 e. The number of halogens is 1. The van der Waals surface area contributed by atoms with E-state index in [-0.39, 0.29) is 29.7 Å². The molecule has 3 rings (SSSR count). The van der Waals surface area contributed by atoms with E-state index in [9.17, 15) is 17.6 Å². The van der Waals surface area contributed by atoms with Gasteiger partial charge in [-0.1, -0.05) is 6.07 Å². The van der Waals surface area contributed by atoms with Gasteiger partial charge in [0.2, 0.25) is 15.9 Å². The third kappa shape index (κ3) is 4.03. The molecule has 1 heterocycles. The molecule has 0 unspecified atom stereocenters. The quantitative estimate of drug-likeness (QED) is 0.836. The van der Waals surface area contributed by atoms with Crippen molar-refractivity contribution < 1.29 is 22.3 Å². The summed E-state index contributed by atoms with van der Waals surface area (Å²) >= 11 is 0. The Kier molecular flexibility index (Phi) is 5.24. The highest BCUT2D eigenvalue weighted by Gasteiger charge is 2.31. The van der Waals surface area contributed by atoms with E-state index < -0.39 is 15.8 Å². The SMILES string of the molecule is COc1ccc(N2C[C@@H](CNS(=O)(=O)c3cccc(F)c3)CC2=O)cc1. The van der Waals surface area contributed by atoms with Gasteiger partial charge in [-0.15, -0.1) is 0 Å². The van der Waals surface area contributed by atoms with E-state index in [0.29, 0.717) is 12.3 Å². The monoisotopic (exact) mass is 378 g/mol. The van der Waals surface area contributed by atoms with Gasteiger partial charge in [-0.25, -0.2) is 17.5 Å². The van der Waals surface area contributed by atoms with E-state index in [0.717, 1.165) is 11.8 Å². The minimum absolute atomic E-state index is 0.0647. The normalized spacial score (nSPS) is 17.5. The van der Waals surface area contributed by atoms with Crippen LogP contribution in [0.1, 0.15) is 6.42 Å². The van der Waals surface area contributed by atoms with Gasteiger partial charge in [0.15, 0.2) is 0 Å². The Morgan fingerprint density at radius 3 is 2.62 bits per heavy atom. The summed E-state index contributed by atoms with van der Waals surface area (Å²) in [5.74, 6) is -0.146. The van der Waals surface area contributed by atoms with Crippen LogP contribution in [0.2, 0.25) is 0 Å². The lowest BCUT2D eigenvalue weighted by Gasteiger charge is -2.17. The molecule has 2 aromatic rings. The minimum Gasteiger partial charge on any atom is -0.497 e. The van der Waals surface area contributed by atoms with Crippen molar-refractivity contribution in [3.63, 3.8) is 0 Å². The highest BCUT2D eigenvalue weighted by Crippen LogP contribution is 2.26. The van der Waals surface area contributed by atoms with E-state index >= 15 is 0 Å². The number of amides is 1. The lowest BCUT2D eigenvalue weighted by Crippen LogP contribution is -2.31. The minimum atomic E-state index is -3.82. The number of carbonyl (C=O) groups is 1. The zero-order valence-electron chi connectivity index (χ0n) is 14.2. The maximum Gasteiger partial charge on any atom is 0.240 e. The number of carbonyl (C=O) groups excluding carboxylic acids is 1. The summed E-state index contributed by atoms with van der Waals surface area (Å²) < 4.78 is 45.3. The van der Waals surface area contributed by atoms with Crippen LogP contribution in [0.5, 0.6) is 5.75 Å². The molecule has 6 nitrogen and oxygen atoms in total. The summed E-state index contributed by atoms with van der Waals surface area (Å²) in [5, 5.41) is 0. The maximum atomic E-state index is 13.2. The maximum absolute atomic E-state index is 13.2. The van der Waals surface area contributed by atoms with Crippen molar-refractivity contribution in [3.05, 3.63) is 54.3 Å². The molecule has 1 aliphatic rings. The molecule has 1 fully saturated rings. The van der Waals surface area contributed by atoms with Crippen molar-refractivity contribution in [2.45, 2.75) is 11.3 Å². The smallest absolute Gasteiger partial charge is 0.240 e. The molecule has 0 radical (unpaired) electrons. The Hall–Kier alpha value is -2.45. The first kappa shape index (κ1) is 18.3. The van der Waals surface area contributed by atoms with Crippen molar-refractivity contribution in [2.75, 3.05) is 25.1 Å². The van der Waals surface area contributed by atoms with Gasteiger partial charge < -0.3 is 9.64 Å². The van der Waals surface area contributed by atoms with E-state index in [1.165, 1.54) is 18.2 Å². The molecular formula is C18H19FN2O4S. The van der Waals surface area contributed by atoms with Crippen LogP contribution in [-0.2, 0) is 14.8 Å². The average Bonchev–Trinajstić information content (AvgIpc) is 3.01. The number of ether oxygens (including phenoxy) is 1. The first-order valence-corrected chi connectivity index (χ1v) is 9.57. The number of anilines is 1. The summed E-state index contributed by atoms with van der Waals surface area (Å²) in [5.41, 5.74) is 0.742. The van der Waals surface area contributed by atoms with Gasteiger partial charge in [0.05, 0.1) is 12.0 Å². The van der Waals surface area contributed by atoms with Crippen LogP contribution in [-0.4, -0.2) is 34.5 Å². The van der Waals surface area contributed by atoms with Crippen LogP contribution in [0, 0.1) is 11.7 Å². The van der Waals surface area contributed by atoms with Crippen molar-refractivity contribution in [2.24, 2.45) is 5.92 Å². The Labute approximate surface area is 151 Å². The Balaban J connectivity index is 1.64. The van der Waals surface area contributed by atoms with Gasteiger partial charge >= 0.3 is 0 Å². The number of nitrogens with one attached hydrogen (secondary N) is 1. The fraction of sp³-hybridized carbons (Fsp3) is 0.278. The molecule has 26 heavy (non-hydrogen) atoms. The van der Waals surface area contributed by atoms with Crippen molar-refractivity contribution >= 4 is 21.6 Å². The fourth-order valence-corrected chi connectivity index (χ4v) is 4.02. The van der Waals surface area contributed by atoms with Crippen molar-refractivity contribution in [3.8, 4) is 5.75 Å². The first-order valence-electron chi connectivity index (χ1n) is 8.09. The number of nitrogens with zero attached hydrogens (tertiary/aromatic N) is 1. The number of methoxy groups -OCH3 is 1. The van der Waals surface area contributed by atoms with Gasteiger partial charge in [0, 0.05) is 25.2 Å². The zero-order chi connectivity index (χ0) is 18.7. The van der Waals surface area contributed by atoms with Gasteiger partial charge in [-0.2, -0.15) is 0 Å². The number of rotatable bonds is 6. The summed E-state index contributed by atoms with van der Waals surface area (Å²) in [7, 11) is -2.25. The summed E-state index contributed by atoms with van der Waals surface area (Å²) in [6.07, 6.45) is 0.248.